The third kappa shape index (κ3) is 5.49. The molecule has 0 unspecified atom stereocenters. The largest absolute Gasteiger partial charge is 0.379 e. The van der Waals surface area contributed by atoms with Gasteiger partial charge in [-0.15, -0.1) is 0 Å². The molecule has 184 valence electrons. The minimum atomic E-state index is -0.241. The molecule has 8 heteroatoms. The second-order valence-corrected chi connectivity index (χ2v) is 9.43. The van der Waals surface area contributed by atoms with Crippen molar-refractivity contribution in [2.75, 3.05) is 56.2 Å². The van der Waals surface area contributed by atoms with E-state index < -0.39 is 0 Å². The number of primary amides is 1. The van der Waals surface area contributed by atoms with Gasteiger partial charge in [-0.3, -0.25) is 14.5 Å². The highest BCUT2D eigenvalue weighted by molar-refractivity contribution is 6.05. The van der Waals surface area contributed by atoms with Crippen molar-refractivity contribution in [3.8, 4) is 0 Å². The monoisotopic (exact) mass is 475 g/mol. The second kappa shape index (κ2) is 10.5. The number of rotatable bonds is 7. The van der Waals surface area contributed by atoms with Gasteiger partial charge in [-0.2, -0.15) is 0 Å². The zero-order chi connectivity index (χ0) is 24.2. The van der Waals surface area contributed by atoms with Gasteiger partial charge >= 0.3 is 0 Å². The quantitative estimate of drug-likeness (QED) is 0.548. The van der Waals surface area contributed by atoms with Crippen LogP contribution in [0.15, 0.2) is 54.7 Å². The number of amides is 2. The number of morpholine rings is 1. The Morgan fingerprint density at radius 2 is 1.80 bits per heavy atom. The summed E-state index contributed by atoms with van der Waals surface area (Å²) in [5.41, 5.74) is 9.04. The predicted octanol–water partition coefficient (Wildman–Crippen LogP) is 2.93. The van der Waals surface area contributed by atoms with Gasteiger partial charge < -0.3 is 25.3 Å². The van der Waals surface area contributed by atoms with Crippen LogP contribution in [0.1, 0.15) is 23.2 Å². The van der Waals surface area contributed by atoms with Crippen molar-refractivity contribution in [2.45, 2.75) is 19.4 Å². The second-order valence-electron chi connectivity index (χ2n) is 9.43. The molecule has 2 fully saturated rings. The van der Waals surface area contributed by atoms with Crippen LogP contribution in [0.4, 0.5) is 11.4 Å². The maximum Gasteiger partial charge on any atom is 0.255 e. The molecule has 0 radical (unpaired) electrons. The Hall–Kier alpha value is -3.36. The molecule has 0 saturated carbocycles. The summed E-state index contributed by atoms with van der Waals surface area (Å²) in [6, 6.07) is 15.7. The van der Waals surface area contributed by atoms with Crippen LogP contribution >= 0.6 is 0 Å². The molecule has 35 heavy (non-hydrogen) atoms. The number of piperidine rings is 1. The van der Waals surface area contributed by atoms with E-state index in [0.29, 0.717) is 12.1 Å². The third-order valence-corrected chi connectivity index (χ3v) is 7.11. The number of nitrogens with one attached hydrogen (secondary N) is 1. The Morgan fingerprint density at radius 3 is 2.57 bits per heavy atom. The molecule has 0 spiro atoms. The van der Waals surface area contributed by atoms with Crippen LogP contribution in [-0.2, 0) is 16.1 Å². The Balaban J connectivity index is 1.20. The van der Waals surface area contributed by atoms with Crippen LogP contribution in [0.5, 0.6) is 0 Å². The molecular formula is C27H33N5O3. The summed E-state index contributed by atoms with van der Waals surface area (Å²) in [7, 11) is 0. The molecule has 2 aliphatic heterocycles. The Labute approximate surface area is 205 Å². The number of hydrogen-bond donors (Lipinski definition) is 2. The fourth-order valence-corrected chi connectivity index (χ4v) is 5.02. The summed E-state index contributed by atoms with van der Waals surface area (Å²) in [5, 5.41) is 4.12. The smallest absolute Gasteiger partial charge is 0.255 e. The summed E-state index contributed by atoms with van der Waals surface area (Å²) >= 11 is 0. The van der Waals surface area contributed by atoms with Crippen LogP contribution < -0.4 is 16.0 Å². The van der Waals surface area contributed by atoms with Gasteiger partial charge in [0, 0.05) is 73.3 Å². The average molecular weight is 476 g/mol. The molecule has 3 aromatic rings. The number of aromatic nitrogens is 1. The maximum atomic E-state index is 12.9. The lowest BCUT2D eigenvalue weighted by Crippen LogP contribution is -2.41. The summed E-state index contributed by atoms with van der Waals surface area (Å²) < 4.78 is 7.69. The van der Waals surface area contributed by atoms with E-state index in [1.165, 1.54) is 0 Å². The zero-order valence-electron chi connectivity index (χ0n) is 20.0. The Kier molecular flexibility index (Phi) is 7.01. The highest BCUT2D eigenvalue weighted by atomic mass is 16.5. The zero-order valence-corrected chi connectivity index (χ0v) is 20.0. The van der Waals surface area contributed by atoms with Crippen LogP contribution in [-0.4, -0.2) is 67.2 Å². The van der Waals surface area contributed by atoms with E-state index in [9.17, 15) is 9.59 Å². The van der Waals surface area contributed by atoms with Gasteiger partial charge in [0.15, 0.2) is 0 Å². The fraction of sp³-hybridized carbons (Fsp3) is 0.407. The molecule has 0 aliphatic carbocycles. The summed E-state index contributed by atoms with van der Waals surface area (Å²) in [4.78, 5) is 29.0. The van der Waals surface area contributed by atoms with Gasteiger partial charge in [-0.05, 0) is 61.4 Å². The standard InChI is InChI=1S/C27H33N5O3/c28-26(33)22-2-1-10-32(19-22)24-6-3-20(4-7-24)27(34)29-23-5-8-25-21(18-23)9-11-31(25)13-12-30-14-16-35-17-15-30/h3-9,11,18,22H,1-2,10,12-17,19H2,(H2,28,33)(H,29,34)/t22-/m0/s1. The van der Waals surface area contributed by atoms with Crippen LogP contribution in [0.2, 0.25) is 0 Å². The molecule has 2 saturated heterocycles. The number of carbonyl (C=O) groups excluding carboxylic acids is 2. The first-order valence-electron chi connectivity index (χ1n) is 12.4. The lowest BCUT2D eigenvalue weighted by atomic mass is 9.97. The van der Waals surface area contributed by atoms with Crippen molar-refractivity contribution in [1.29, 1.82) is 0 Å². The predicted molar refractivity (Wildman–Crippen MR) is 138 cm³/mol. The van der Waals surface area contributed by atoms with Crippen molar-refractivity contribution in [3.63, 3.8) is 0 Å². The Morgan fingerprint density at radius 1 is 1.00 bits per heavy atom. The van der Waals surface area contributed by atoms with Crippen molar-refractivity contribution < 1.29 is 14.3 Å². The first-order chi connectivity index (χ1) is 17.1. The van der Waals surface area contributed by atoms with Crippen molar-refractivity contribution in [2.24, 2.45) is 11.7 Å². The van der Waals surface area contributed by atoms with Crippen LogP contribution in [0, 0.1) is 5.92 Å². The van der Waals surface area contributed by atoms with Gasteiger partial charge in [0.1, 0.15) is 0 Å². The van der Waals surface area contributed by atoms with Gasteiger partial charge in [0.25, 0.3) is 5.91 Å². The van der Waals surface area contributed by atoms with Crippen LogP contribution in [0.3, 0.4) is 0 Å². The minimum absolute atomic E-state index is 0.115. The molecule has 2 amide bonds. The average Bonchev–Trinajstić information content (AvgIpc) is 3.30. The fourth-order valence-electron chi connectivity index (χ4n) is 5.02. The number of carbonyl (C=O) groups is 2. The lowest BCUT2D eigenvalue weighted by Gasteiger charge is -2.33. The molecule has 3 heterocycles. The molecule has 3 N–H and O–H groups in total. The molecule has 2 aromatic carbocycles. The number of anilines is 2. The van der Waals surface area contributed by atoms with E-state index >= 15 is 0 Å². The number of hydrogen-bond acceptors (Lipinski definition) is 5. The highest BCUT2D eigenvalue weighted by Crippen LogP contribution is 2.25. The molecule has 0 bridgehead atoms. The molecule has 1 aromatic heterocycles. The van der Waals surface area contributed by atoms with E-state index in [0.717, 1.165) is 81.1 Å². The number of nitrogens with two attached hydrogens (primary N) is 1. The topological polar surface area (TPSA) is 92.8 Å². The van der Waals surface area contributed by atoms with Gasteiger partial charge in [0.2, 0.25) is 5.91 Å². The normalized spacial score (nSPS) is 19.1. The van der Waals surface area contributed by atoms with E-state index in [1.54, 1.807) is 0 Å². The first kappa shape index (κ1) is 23.4. The molecule has 8 nitrogen and oxygen atoms in total. The van der Waals surface area contributed by atoms with E-state index in [-0.39, 0.29) is 17.7 Å². The van der Waals surface area contributed by atoms with Gasteiger partial charge in [-0.1, -0.05) is 0 Å². The first-order valence-corrected chi connectivity index (χ1v) is 12.4. The molecular weight excluding hydrogens is 442 g/mol. The minimum Gasteiger partial charge on any atom is -0.379 e. The molecule has 1 atom stereocenters. The summed E-state index contributed by atoms with van der Waals surface area (Å²) in [6.45, 7) is 7.05. The van der Waals surface area contributed by atoms with Crippen molar-refractivity contribution in [1.82, 2.24) is 9.47 Å². The number of fused-ring (bicyclic) bond motifs is 1. The number of nitrogens with zero attached hydrogens (tertiary/aromatic N) is 3. The van der Waals surface area contributed by atoms with E-state index in [2.05, 4.69) is 38.0 Å². The van der Waals surface area contributed by atoms with Crippen LogP contribution in [0.25, 0.3) is 10.9 Å². The summed E-state index contributed by atoms with van der Waals surface area (Å²) in [6.07, 6.45) is 3.89. The molecule has 2 aliphatic rings. The SMILES string of the molecule is NC(=O)[C@H]1CCCN(c2ccc(C(=O)Nc3ccc4c(ccn4CCN4CCOCC4)c3)cc2)C1. The van der Waals surface area contributed by atoms with E-state index in [4.69, 9.17) is 10.5 Å². The van der Waals surface area contributed by atoms with E-state index in [1.807, 2.05) is 36.4 Å². The van der Waals surface area contributed by atoms with Gasteiger partial charge in [0.05, 0.1) is 19.1 Å². The highest BCUT2D eigenvalue weighted by Gasteiger charge is 2.24. The van der Waals surface area contributed by atoms with Gasteiger partial charge in [-0.25, -0.2) is 0 Å². The summed E-state index contributed by atoms with van der Waals surface area (Å²) in [5.74, 6) is -0.498. The Bertz CT molecular complexity index is 1180. The third-order valence-electron chi connectivity index (χ3n) is 7.11. The van der Waals surface area contributed by atoms with Crippen molar-refractivity contribution in [3.05, 3.63) is 60.3 Å². The lowest BCUT2D eigenvalue weighted by molar-refractivity contribution is -0.122. The van der Waals surface area contributed by atoms with Crippen molar-refractivity contribution >= 4 is 34.1 Å². The number of benzene rings is 2. The molecule has 5 rings (SSSR count). The maximum absolute atomic E-state index is 12.9. The number of ether oxygens (including phenoxy) is 1.